The number of halogens is 1. The molecule has 2 amide bonds. The number of hydrogen-bond donors (Lipinski definition) is 1. The first-order chi connectivity index (χ1) is 12.5. The molecule has 7 heteroatoms. The highest BCUT2D eigenvalue weighted by Gasteiger charge is 2.27. The maximum Gasteiger partial charge on any atom is 0.317 e. The molecule has 0 radical (unpaired) electrons. The van der Waals surface area contributed by atoms with Crippen LogP contribution < -0.4 is 10.2 Å². The molecule has 0 aliphatic carbocycles. The van der Waals surface area contributed by atoms with Gasteiger partial charge in [0.1, 0.15) is 5.82 Å². The minimum atomic E-state index is -0.485. The van der Waals surface area contributed by atoms with Crippen LogP contribution in [0.25, 0.3) is 0 Å². The Kier molecular flexibility index (Phi) is 5.35. The number of nitrogens with zero attached hydrogens (tertiary/aromatic N) is 4. The molecule has 0 saturated carbocycles. The molecule has 1 N–H and O–H groups in total. The van der Waals surface area contributed by atoms with Crippen molar-refractivity contribution in [3.8, 4) is 0 Å². The summed E-state index contributed by atoms with van der Waals surface area (Å²) in [6.45, 7) is 6.80. The number of hydrogen-bond acceptors (Lipinski definition) is 4. The van der Waals surface area contributed by atoms with E-state index in [1.54, 1.807) is 35.5 Å². The molecule has 6 nitrogen and oxygen atoms in total. The van der Waals surface area contributed by atoms with Crippen molar-refractivity contribution < 1.29 is 9.18 Å². The van der Waals surface area contributed by atoms with Gasteiger partial charge >= 0.3 is 6.03 Å². The van der Waals surface area contributed by atoms with Crippen molar-refractivity contribution in [3.63, 3.8) is 0 Å². The van der Waals surface area contributed by atoms with E-state index >= 15 is 0 Å². The van der Waals surface area contributed by atoms with Crippen LogP contribution in [0.1, 0.15) is 19.4 Å². The second kappa shape index (κ2) is 7.68. The van der Waals surface area contributed by atoms with Crippen LogP contribution in [-0.4, -0.2) is 53.6 Å². The first-order valence-electron chi connectivity index (χ1n) is 8.77. The molecule has 2 heterocycles. The number of benzene rings is 1. The molecule has 1 aliphatic heterocycles. The third-order valence-corrected chi connectivity index (χ3v) is 4.69. The zero-order chi connectivity index (χ0) is 18.6. The molecule has 1 aromatic heterocycles. The topological polar surface area (TPSA) is 61.4 Å². The highest BCUT2D eigenvalue weighted by molar-refractivity contribution is 5.74. The van der Waals surface area contributed by atoms with E-state index in [1.807, 2.05) is 19.9 Å². The lowest BCUT2D eigenvalue weighted by Gasteiger charge is -2.35. The first kappa shape index (κ1) is 18.1. The fraction of sp³-hybridized carbons (Fsp3) is 0.421. The Morgan fingerprint density at radius 1 is 1.12 bits per heavy atom. The summed E-state index contributed by atoms with van der Waals surface area (Å²) >= 11 is 0. The predicted octanol–water partition coefficient (Wildman–Crippen LogP) is 2.43. The van der Waals surface area contributed by atoms with Gasteiger partial charge in [-0.3, -0.25) is 0 Å². The van der Waals surface area contributed by atoms with Crippen LogP contribution in [0.5, 0.6) is 0 Å². The SMILES string of the molecule is CC(C)(CNC(=O)N1CCN(c2ncccn2)CC1)c1ccccc1F. The van der Waals surface area contributed by atoms with Crippen LogP contribution in [0.4, 0.5) is 15.1 Å². The van der Waals surface area contributed by atoms with Crippen LogP contribution in [0.3, 0.4) is 0 Å². The van der Waals surface area contributed by atoms with Gasteiger partial charge < -0.3 is 15.1 Å². The van der Waals surface area contributed by atoms with Crippen molar-refractivity contribution in [1.82, 2.24) is 20.2 Å². The largest absolute Gasteiger partial charge is 0.337 e. The summed E-state index contributed by atoms with van der Waals surface area (Å²) in [6.07, 6.45) is 3.43. The summed E-state index contributed by atoms with van der Waals surface area (Å²) in [5.74, 6) is 0.441. The Labute approximate surface area is 153 Å². The number of aromatic nitrogens is 2. The molecule has 1 aliphatic rings. The zero-order valence-electron chi connectivity index (χ0n) is 15.2. The molecule has 0 spiro atoms. The van der Waals surface area contributed by atoms with Gasteiger partial charge in [-0.1, -0.05) is 32.0 Å². The van der Waals surface area contributed by atoms with E-state index in [9.17, 15) is 9.18 Å². The summed E-state index contributed by atoms with van der Waals surface area (Å²) in [6, 6.07) is 8.35. The predicted molar refractivity (Wildman–Crippen MR) is 98.6 cm³/mol. The summed E-state index contributed by atoms with van der Waals surface area (Å²) in [5.41, 5.74) is 0.118. The molecule has 2 aromatic rings. The quantitative estimate of drug-likeness (QED) is 0.913. The highest BCUT2D eigenvalue weighted by Crippen LogP contribution is 2.24. The fourth-order valence-electron chi connectivity index (χ4n) is 3.08. The Hall–Kier alpha value is -2.70. The third-order valence-electron chi connectivity index (χ3n) is 4.69. The van der Waals surface area contributed by atoms with Gasteiger partial charge in [-0.05, 0) is 17.7 Å². The molecule has 1 aromatic carbocycles. The van der Waals surface area contributed by atoms with E-state index in [0.29, 0.717) is 44.2 Å². The van der Waals surface area contributed by atoms with Crippen LogP contribution in [0.2, 0.25) is 0 Å². The second-order valence-corrected chi connectivity index (χ2v) is 7.05. The van der Waals surface area contributed by atoms with Crippen molar-refractivity contribution >= 4 is 12.0 Å². The molecule has 3 rings (SSSR count). The van der Waals surface area contributed by atoms with Gasteiger partial charge in [0, 0.05) is 50.5 Å². The minimum absolute atomic E-state index is 0.122. The Morgan fingerprint density at radius 3 is 2.42 bits per heavy atom. The number of anilines is 1. The van der Waals surface area contributed by atoms with Gasteiger partial charge in [0.2, 0.25) is 5.95 Å². The third kappa shape index (κ3) is 4.09. The van der Waals surface area contributed by atoms with E-state index in [4.69, 9.17) is 0 Å². The van der Waals surface area contributed by atoms with E-state index in [-0.39, 0.29) is 11.8 Å². The van der Waals surface area contributed by atoms with Gasteiger partial charge in [0.15, 0.2) is 0 Å². The van der Waals surface area contributed by atoms with Crippen LogP contribution >= 0.6 is 0 Å². The lowest BCUT2D eigenvalue weighted by atomic mass is 9.84. The average molecular weight is 357 g/mol. The maximum absolute atomic E-state index is 14.0. The van der Waals surface area contributed by atoms with E-state index < -0.39 is 5.41 Å². The van der Waals surface area contributed by atoms with Crippen LogP contribution in [0, 0.1) is 5.82 Å². The lowest BCUT2D eigenvalue weighted by Crippen LogP contribution is -2.53. The van der Waals surface area contributed by atoms with Crippen molar-refractivity contribution in [2.24, 2.45) is 0 Å². The molecule has 138 valence electrons. The molecule has 1 saturated heterocycles. The highest BCUT2D eigenvalue weighted by atomic mass is 19.1. The van der Waals surface area contributed by atoms with Gasteiger partial charge in [0.25, 0.3) is 0 Å². The lowest BCUT2D eigenvalue weighted by molar-refractivity contribution is 0.191. The molecule has 0 atom stereocenters. The van der Waals surface area contributed by atoms with Crippen LogP contribution in [-0.2, 0) is 5.41 Å². The number of nitrogens with one attached hydrogen (secondary N) is 1. The van der Waals surface area contributed by atoms with E-state index in [0.717, 1.165) is 0 Å². The minimum Gasteiger partial charge on any atom is -0.337 e. The van der Waals surface area contributed by atoms with Crippen LogP contribution in [0.15, 0.2) is 42.7 Å². The first-order valence-corrected chi connectivity index (χ1v) is 8.77. The number of rotatable bonds is 4. The number of piperazine rings is 1. The zero-order valence-corrected chi connectivity index (χ0v) is 15.2. The monoisotopic (exact) mass is 357 g/mol. The number of urea groups is 1. The Bertz CT molecular complexity index is 745. The Balaban J connectivity index is 1.52. The molecule has 0 unspecified atom stereocenters. The fourth-order valence-corrected chi connectivity index (χ4v) is 3.08. The van der Waals surface area contributed by atoms with Crippen molar-refractivity contribution in [2.45, 2.75) is 19.3 Å². The molecule has 0 bridgehead atoms. The molecule has 26 heavy (non-hydrogen) atoms. The van der Waals surface area contributed by atoms with Gasteiger partial charge in [0.05, 0.1) is 0 Å². The summed E-state index contributed by atoms with van der Waals surface area (Å²) in [7, 11) is 0. The number of amides is 2. The van der Waals surface area contributed by atoms with Gasteiger partial charge in [-0.2, -0.15) is 0 Å². The molecular weight excluding hydrogens is 333 g/mol. The summed E-state index contributed by atoms with van der Waals surface area (Å²) in [4.78, 5) is 24.8. The van der Waals surface area contributed by atoms with E-state index in [2.05, 4.69) is 20.2 Å². The number of carbonyl (C=O) groups is 1. The van der Waals surface area contributed by atoms with Gasteiger partial charge in [-0.15, -0.1) is 0 Å². The van der Waals surface area contributed by atoms with Crippen molar-refractivity contribution in [2.75, 3.05) is 37.6 Å². The van der Waals surface area contributed by atoms with Crippen molar-refractivity contribution in [3.05, 3.63) is 54.1 Å². The smallest absolute Gasteiger partial charge is 0.317 e. The van der Waals surface area contributed by atoms with Crippen molar-refractivity contribution in [1.29, 1.82) is 0 Å². The molecular formula is C19H24FN5O. The summed E-state index contributed by atoms with van der Waals surface area (Å²) in [5, 5.41) is 2.94. The maximum atomic E-state index is 14.0. The van der Waals surface area contributed by atoms with Gasteiger partial charge in [-0.25, -0.2) is 19.2 Å². The normalized spacial score (nSPS) is 15.0. The average Bonchev–Trinajstić information content (AvgIpc) is 2.67. The van der Waals surface area contributed by atoms with E-state index in [1.165, 1.54) is 6.07 Å². The molecule has 1 fully saturated rings. The standard InChI is InChI=1S/C19H24FN5O/c1-19(2,15-6-3-4-7-16(15)20)14-23-18(26)25-12-10-24(11-13-25)17-21-8-5-9-22-17/h3-9H,10-14H2,1-2H3,(H,23,26). The summed E-state index contributed by atoms with van der Waals surface area (Å²) < 4.78 is 14.0. The number of carbonyl (C=O) groups excluding carboxylic acids is 1. The second-order valence-electron chi connectivity index (χ2n) is 7.05. The Morgan fingerprint density at radius 2 is 1.77 bits per heavy atom.